The molecule has 0 saturated heterocycles. The van der Waals surface area contributed by atoms with Gasteiger partial charge in [0.15, 0.2) is 11.5 Å². The van der Waals surface area contributed by atoms with Crippen LogP contribution in [0.3, 0.4) is 0 Å². The van der Waals surface area contributed by atoms with Crippen LogP contribution in [0.25, 0.3) is 0 Å². The number of ether oxygens (including phenoxy) is 1. The van der Waals surface area contributed by atoms with Crippen LogP contribution >= 0.6 is 0 Å². The Labute approximate surface area is 127 Å². The number of aromatic amines is 1. The van der Waals surface area contributed by atoms with Crippen LogP contribution in [0.2, 0.25) is 0 Å². The second-order valence-corrected chi connectivity index (χ2v) is 5.45. The van der Waals surface area contributed by atoms with E-state index in [1.165, 1.54) is 38.5 Å². The van der Waals surface area contributed by atoms with Gasteiger partial charge in [-0.05, 0) is 19.8 Å². The largest absolute Gasteiger partial charge is 0.461 e. The van der Waals surface area contributed by atoms with E-state index in [9.17, 15) is 9.18 Å². The maximum atomic E-state index is 14.0. The number of carbonyl (C=O) groups is 1. The number of halogens is 1. The monoisotopic (exact) mass is 297 g/mol. The number of hydrogen-bond acceptors (Lipinski definition) is 2. The number of rotatable bonds is 11. The molecule has 0 fully saturated rings. The Kier molecular flexibility index (Phi) is 8.79. The number of carbonyl (C=O) groups excluding carboxylic acids is 1. The van der Waals surface area contributed by atoms with E-state index in [1.54, 1.807) is 13.1 Å². The SMILES string of the molecule is CCCCCCCCCCc1c[nH]c(C(=O)OCC)c1F. The van der Waals surface area contributed by atoms with Gasteiger partial charge in [0.05, 0.1) is 6.61 Å². The summed E-state index contributed by atoms with van der Waals surface area (Å²) in [6, 6.07) is 0. The number of H-pyrrole nitrogens is 1. The molecule has 0 aliphatic carbocycles. The van der Waals surface area contributed by atoms with E-state index in [4.69, 9.17) is 4.74 Å². The predicted molar refractivity (Wildman–Crippen MR) is 83.0 cm³/mol. The van der Waals surface area contributed by atoms with Gasteiger partial charge >= 0.3 is 5.97 Å². The van der Waals surface area contributed by atoms with E-state index in [-0.39, 0.29) is 12.3 Å². The van der Waals surface area contributed by atoms with Crippen molar-refractivity contribution >= 4 is 5.97 Å². The van der Waals surface area contributed by atoms with Gasteiger partial charge in [-0.3, -0.25) is 0 Å². The summed E-state index contributed by atoms with van der Waals surface area (Å²) in [6.07, 6.45) is 12.0. The molecule has 0 unspecified atom stereocenters. The second kappa shape index (κ2) is 10.4. The lowest BCUT2D eigenvalue weighted by Gasteiger charge is -2.02. The molecule has 1 N–H and O–H groups in total. The lowest BCUT2D eigenvalue weighted by Crippen LogP contribution is -2.07. The van der Waals surface area contributed by atoms with Crippen molar-refractivity contribution in [1.82, 2.24) is 4.98 Å². The molecule has 21 heavy (non-hydrogen) atoms. The molecule has 1 rings (SSSR count). The first-order chi connectivity index (χ1) is 10.2. The lowest BCUT2D eigenvalue weighted by atomic mass is 10.1. The molecule has 0 atom stereocenters. The van der Waals surface area contributed by atoms with Crippen LogP contribution in [0.5, 0.6) is 0 Å². The fourth-order valence-electron chi connectivity index (χ4n) is 2.43. The van der Waals surface area contributed by atoms with E-state index in [2.05, 4.69) is 11.9 Å². The number of unbranched alkanes of at least 4 members (excludes halogenated alkanes) is 7. The van der Waals surface area contributed by atoms with Crippen LogP contribution in [0.1, 0.15) is 81.3 Å². The zero-order valence-corrected chi connectivity index (χ0v) is 13.3. The Hall–Kier alpha value is -1.32. The zero-order valence-electron chi connectivity index (χ0n) is 13.3. The van der Waals surface area contributed by atoms with Crippen LogP contribution in [-0.2, 0) is 11.2 Å². The van der Waals surface area contributed by atoms with E-state index >= 15 is 0 Å². The minimum absolute atomic E-state index is 0.0496. The van der Waals surface area contributed by atoms with Gasteiger partial charge in [0.25, 0.3) is 0 Å². The van der Waals surface area contributed by atoms with Crippen molar-refractivity contribution in [2.75, 3.05) is 6.61 Å². The van der Waals surface area contributed by atoms with Crippen LogP contribution < -0.4 is 0 Å². The van der Waals surface area contributed by atoms with Gasteiger partial charge in [-0.2, -0.15) is 0 Å². The molecule has 1 aromatic rings. The van der Waals surface area contributed by atoms with Crippen molar-refractivity contribution in [3.63, 3.8) is 0 Å². The van der Waals surface area contributed by atoms with Crippen LogP contribution in [0.15, 0.2) is 6.20 Å². The Morgan fingerprint density at radius 1 is 1.10 bits per heavy atom. The summed E-state index contributed by atoms with van der Waals surface area (Å²) in [4.78, 5) is 14.2. The molecule has 1 heterocycles. The van der Waals surface area contributed by atoms with Gasteiger partial charge in [0.1, 0.15) is 0 Å². The molecule has 0 bridgehead atoms. The minimum Gasteiger partial charge on any atom is -0.461 e. The molecule has 0 amide bonds. The molecule has 0 saturated carbocycles. The summed E-state index contributed by atoms with van der Waals surface area (Å²) in [5.74, 6) is -1.06. The first kappa shape index (κ1) is 17.7. The fourth-order valence-corrected chi connectivity index (χ4v) is 2.43. The normalized spacial score (nSPS) is 10.8. The molecule has 0 aromatic carbocycles. The van der Waals surface area contributed by atoms with Crippen molar-refractivity contribution in [2.24, 2.45) is 0 Å². The predicted octanol–water partition coefficient (Wildman–Crippen LogP) is 5.01. The topological polar surface area (TPSA) is 42.1 Å². The van der Waals surface area contributed by atoms with Crippen molar-refractivity contribution in [2.45, 2.75) is 71.6 Å². The maximum Gasteiger partial charge on any atom is 0.357 e. The highest BCUT2D eigenvalue weighted by Gasteiger charge is 2.18. The number of esters is 1. The third kappa shape index (κ3) is 6.32. The molecule has 0 spiro atoms. The second-order valence-electron chi connectivity index (χ2n) is 5.45. The highest BCUT2D eigenvalue weighted by atomic mass is 19.1. The van der Waals surface area contributed by atoms with E-state index in [1.807, 2.05) is 0 Å². The number of nitrogens with one attached hydrogen (secondary N) is 1. The smallest absolute Gasteiger partial charge is 0.357 e. The molecule has 4 heteroatoms. The highest BCUT2D eigenvalue weighted by Crippen LogP contribution is 2.17. The summed E-state index contributed by atoms with van der Waals surface area (Å²) in [6.45, 7) is 4.18. The van der Waals surface area contributed by atoms with Crippen molar-refractivity contribution in [1.29, 1.82) is 0 Å². The zero-order chi connectivity index (χ0) is 15.5. The van der Waals surface area contributed by atoms with Gasteiger partial charge < -0.3 is 9.72 Å². The fraction of sp³-hybridized carbons (Fsp3) is 0.706. The van der Waals surface area contributed by atoms with Crippen LogP contribution in [0, 0.1) is 5.82 Å². The van der Waals surface area contributed by atoms with Crippen LogP contribution in [0.4, 0.5) is 4.39 Å². The van der Waals surface area contributed by atoms with E-state index < -0.39 is 11.8 Å². The first-order valence-corrected chi connectivity index (χ1v) is 8.23. The Morgan fingerprint density at radius 3 is 2.33 bits per heavy atom. The van der Waals surface area contributed by atoms with Crippen LogP contribution in [-0.4, -0.2) is 17.6 Å². The number of hydrogen-bond donors (Lipinski definition) is 1. The molecule has 120 valence electrons. The molecule has 3 nitrogen and oxygen atoms in total. The molecular formula is C17H28FNO2. The molecule has 1 aromatic heterocycles. The lowest BCUT2D eigenvalue weighted by molar-refractivity contribution is 0.0514. The average Bonchev–Trinajstić information content (AvgIpc) is 2.83. The van der Waals surface area contributed by atoms with Crippen molar-refractivity contribution in [3.05, 3.63) is 23.3 Å². The van der Waals surface area contributed by atoms with Crippen molar-refractivity contribution < 1.29 is 13.9 Å². The Balaban J connectivity index is 2.22. The molecule has 0 aliphatic heterocycles. The third-order valence-corrected chi connectivity index (χ3v) is 3.67. The van der Waals surface area contributed by atoms with Gasteiger partial charge in [-0.15, -0.1) is 0 Å². The number of aryl methyl sites for hydroxylation is 1. The highest BCUT2D eigenvalue weighted by molar-refractivity contribution is 5.88. The standard InChI is InChI=1S/C17H28FNO2/c1-3-5-6-7-8-9-10-11-12-14-13-19-16(15(14)18)17(20)21-4-2/h13,19H,3-12H2,1-2H3. The Morgan fingerprint density at radius 2 is 1.71 bits per heavy atom. The van der Waals surface area contributed by atoms with E-state index in [0.717, 1.165) is 12.8 Å². The molecule has 0 aliphatic rings. The summed E-state index contributed by atoms with van der Waals surface area (Å²) < 4.78 is 18.8. The van der Waals surface area contributed by atoms with E-state index in [0.29, 0.717) is 12.0 Å². The van der Waals surface area contributed by atoms with Gasteiger partial charge in [0.2, 0.25) is 0 Å². The summed E-state index contributed by atoms with van der Waals surface area (Å²) >= 11 is 0. The quantitative estimate of drug-likeness (QED) is 0.460. The average molecular weight is 297 g/mol. The number of aromatic nitrogens is 1. The molecular weight excluding hydrogens is 269 g/mol. The maximum absolute atomic E-state index is 14.0. The van der Waals surface area contributed by atoms with Gasteiger partial charge in [-0.25, -0.2) is 9.18 Å². The summed E-state index contributed by atoms with van der Waals surface area (Å²) in [5, 5.41) is 0. The Bertz CT molecular complexity index is 415. The summed E-state index contributed by atoms with van der Waals surface area (Å²) in [5.41, 5.74) is 0.537. The van der Waals surface area contributed by atoms with Crippen molar-refractivity contribution in [3.8, 4) is 0 Å². The van der Waals surface area contributed by atoms with Gasteiger partial charge in [-0.1, -0.05) is 51.9 Å². The molecule has 0 radical (unpaired) electrons. The summed E-state index contributed by atoms with van der Waals surface area (Å²) in [7, 11) is 0. The first-order valence-electron chi connectivity index (χ1n) is 8.23. The van der Waals surface area contributed by atoms with Gasteiger partial charge in [0, 0.05) is 11.8 Å². The minimum atomic E-state index is -0.614. The third-order valence-electron chi connectivity index (χ3n) is 3.67.